The molecule has 0 aromatic heterocycles. The Morgan fingerprint density at radius 1 is 1.18 bits per heavy atom. The molecule has 6 nitrogen and oxygen atoms in total. The summed E-state index contributed by atoms with van der Waals surface area (Å²) in [5.74, 6) is 0.0741. The molecule has 1 atom stereocenters. The van der Waals surface area contributed by atoms with Gasteiger partial charge in [-0.15, -0.1) is 0 Å². The average molecular weight is 402 g/mol. The Kier molecular flexibility index (Phi) is 5.12. The number of rotatable bonds is 5. The number of methoxy groups -OCH3 is 1. The fourth-order valence-electron chi connectivity index (χ4n) is 3.77. The van der Waals surface area contributed by atoms with E-state index < -0.39 is 11.1 Å². The number of benzene rings is 2. The molecule has 2 amide bonds. The van der Waals surface area contributed by atoms with Gasteiger partial charge in [0, 0.05) is 35.9 Å². The van der Waals surface area contributed by atoms with Crippen molar-refractivity contribution in [2.45, 2.75) is 24.9 Å². The molecule has 0 saturated carbocycles. The van der Waals surface area contributed by atoms with Crippen LogP contribution in [0.15, 0.2) is 42.5 Å². The number of nitrogens with one attached hydrogen (secondary N) is 2. The number of carbonyl (C=O) groups excluding carboxylic acids is 2. The summed E-state index contributed by atoms with van der Waals surface area (Å²) in [4.78, 5) is 27.7. The number of para-hydroxylation sites is 1. The predicted octanol–water partition coefficient (Wildman–Crippen LogP) is 3.00. The maximum absolute atomic E-state index is 13.4. The number of likely N-dealkylation sites (N-methyl/N-ethyl adjacent to an activating group) is 1. The summed E-state index contributed by atoms with van der Waals surface area (Å²) in [6, 6.07) is 12.5. The number of fused-ring (bicyclic) bond motifs is 1. The van der Waals surface area contributed by atoms with Gasteiger partial charge in [-0.3, -0.25) is 14.9 Å². The topological polar surface area (TPSA) is 70.7 Å². The Hall–Kier alpha value is -2.57. The largest absolute Gasteiger partial charge is 0.496 e. The monoisotopic (exact) mass is 401 g/mol. The molecule has 2 aromatic carbocycles. The normalized spacial score (nSPS) is 18.4. The second kappa shape index (κ2) is 7.11. The van der Waals surface area contributed by atoms with Crippen molar-refractivity contribution in [2.24, 2.45) is 0 Å². The van der Waals surface area contributed by atoms with Gasteiger partial charge in [0.2, 0.25) is 5.91 Å². The summed E-state index contributed by atoms with van der Waals surface area (Å²) in [6.07, 6.45) is 0. The molecule has 0 saturated heterocycles. The average Bonchev–Trinajstić information content (AvgIpc) is 2.92. The van der Waals surface area contributed by atoms with E-state index in [1.807, 2.05) is 18.2 Å². The summed E-state index contributed by atoms with van der Waals surface area (Å²) >= 11 is 6.27. The molecule has 1 heterocycles. The van der Waals surface area contributed by atoms with Crippen LogP contribution in [-0.2, 0) is 15.1 Å². The molecule has 2 aromatic rings. The molecule has 148 valence electrons. The van der Waals surface area contributed by atoms with Gasteiger partial charge in [0.05, 0.1) is 12.6 Å². The van der Waals surface area contributed by atoms with Crippen molar-refractivity contribution in [1.82, 2.24) is 10.2 Å². The number of amides is 2. The number of ether oxygens (including phenoxy) is 1. The molecule has 7 heteroatoms. The van der Waals surface area contributed by atoms with E-state index in [1.54, 1.807) is 59.3 Å². The molecule has 1 aliphatic heterocycles. The minimum atomic E-state index is -1.35. The van der Waals surface area contributed by atoms with E-state index >= 15 is 0 Å². The van der Waals surface area contributed by atoms with Crippen molar-refractivity contribution < 1.29 is 14.3 Å². The van der Waals surface area contributed by atoms with E-state index in [-0.39, 0.29) is 11.8 Å². The van der Waals surface area contributed by atoms with Crippen LogP contribution in [0.1, 0.15) is 25.0 Å². The predicted molar refractivity (Wildman–Crippen MR) is 110 cm³/mol. The Labute approximate surface area is 169 Å². The quantitative estimate of drug-likeness (QED) is 0.808. The van der Waals surface area contributed by atoms with Crippen molar-refractivity contribution in [2.75, 3.05) is 26.5 Å². The molecule has 0 spiro atoms. The smallest absolute Gasteiger partial charge is 0.254 e. The highest BCUT2D eigenvalue weighted by molar-refractivity contribution is 6.31. The Balaban J connectivity index is 2.30. The highest BCUT2D eigenvalue weighted by Gasteiger charge is 2.53. The first kappa shape index (κ1) is 20.2. The lowest BCUT2D eigenvalue weighted by atomic mass is 9.80. The van der Waals surface area contributed by atoms with Gasteiger partial charge in [0.15, 0.2) is 5.54 Å². The van der Waals surface area contributed by atoms with Crippen LogP contribution in [0, 0.1) is 0 Å². The third-order valence-electron chi connectivity index (χ3n) is 4.93. The van der Waals surface area contributed by atoms with Crippen molar-refractivity contribution in [3.05, 3.63) is 58.6 Å². The number of carbonyl (C=O) groups is 2. The SMILES string of the molecule is COc1ccccc1C1(NC(C)(C)C(=O)N(C)C)C(=O)Nc2ccc(Cl)cc21. The van der Waals surface area contributed by atoms with Crippen LogP contribution in [0.4, 0.5) is 5.69 Å². The number of hydrogen-bond acceptors (Lipinski definition) is 4. The Bertz CT molecular complexity index is 942. The molecule has 0 fully saturated rings. The van der Waals surface area contributed by atoms with Crippen LogP contribution in [0.25, 0.3) is 0 Å². The van der Waals surface area contributed by atoms with Crippen LogP contribution in [0.5, 0.6) is 5.75 Å². The van der Waals surface area contributed by atoms with Gasteiger partial charge in [-0.1, -0.05) is 29.8 Å². The third-order valence-corrected chi connectivity index (χ3v) is 5.16. The number of hydrogen-bond donors (Lipinski definition) is 2. The van der Waals surface area contributed by atoms with Gasteiger partial charge in [-0.2, -0.15) is 0 Å². The zero-order valence-electron chi connectivity index (χ0n) is 16.6. The van der Waals surface area contributed by atoms with Gasteiger partial charge in [0.25, 0.3) is 5.91 Å². The van der Waals surface area contributed by atoms with Crippen LogP contribution in [0.3, 0.4) is 0 Å². The molecule has 0 bridgehead atoms. The molecule has 0 aliphatic carbocycles. The maximum Gasteiger partial charge on any atom is 0.254 e. The van der Waals surface area contributed by atoms with Gasteiger partial charge in [-0.25, -0.2) is 0 Å². The minimum Gasteiger partial charge on any atom is -0.496 e. The summed E-state index contributed by atoms with van der Waals surface area (Å²) in [5.41, 5.74) is -0.501. The molecule has 2 N–H and O–H groups in total. The van der Waals surface area contributed by atoms with E-state index in [0.29, 0.717) is 27.6 Å². The van der Waals surface area contributed by atoms with E-state index in [9.17, 15) is 9.59 Å². The highest BCUT2D eigenvalue weighted by Crippen LogP contribution is 2.46. The number of halogens is 1. The summed E-state index contributed by atoms with van der Waals surface area (Å²) in [7, 11) is 4.91. The van der Waals surface area contributed by atoms with Crippen LogP contribution in [-0.4, -0.2) is 43.5 Å². The molecule has 28 heavy (non-hydrogen) atoms. The second-order valence-corrected chi connectivity index (χ2v) is 7.98. The molecule has 3 rings (SSSR count). The zero-order chi connectivity index (χ0) is 20.7. The molecular formula is C21H24ClN3O3. The van der Waals surface area contributed by atoms with Gasteiger partial charge in [-0.05, 0) is 38.1 Å². The second-order valence-electron chi connectivity index (χ2n) is 7.54. The third kappa shape index (κ3) is 3.12. The highest BCUT2D eigenvalue weighted by atomic mass is 35.5. The van der Waals surface area contributed by atoms with E-state index in [1.165, 1.54) is 4.90 Å². The van der Waals surface area contributed by atoms with Crippen molar-refractivity contribution in [3.63, 3.8) is 0 Å². The summed E-state index contributed by atoms with van der Waals surface area (Å²) < 4.78 is 5.55. The molecule has 1 unspecified atom stereocenters. The fraction of sp³-hybridized carbons (Fsp3) is 0.333. The molecular weight excluding hydrogens is 378 g/mol. The van der Waals surface area contributed by atoms with E-state index in [4.69, 9.17) is 16.3 Å². The molecule has 1 aliphatic rings. The first-order chi connectivity index (χ1) is 13.1. The number of nitrogens with zero attached hydrogens (tertiary/aromatic N) is 1. The lowest BCUT2D eigenvalue weighted by Crippen LogP contribution is -2.62. The molecule has 0 radical (unpaired) electrons. The summed E-state index contributed by atoms with van der Waals surface area (Å²) in [6.45, 7) is 3.50. The lowest BCUT2D eigenvalue weighted by Gasteiger charge is -2.39. The van der Waals surface area contributed by atoms with E-state index in [0.717, 1.165) is 0 Å². The van der Waals surface area contributed by atoms with Crippen molar-refractivity contribution >= 4 is 29.1 Å². The van der Waals surface area contributed by atoms with Crippen molar-refractivity contribution in [1.29, 1.82) is 0 Å². The minimum absolute atomic E-state index is 0.162. The van der Waals surface area contributed by atoms with Crippen LogP contribution < -0.4 is 15.4 Å². The van der Waals surface area contributed by atoms with Crippen LogP contribution >= 0.6 is 11.6 Å². The first-order valence-corrected chi connectivity index (χ1v) is 9.27. The van der Waals surface area contributed by atoms with Crippen LogP contribution in [0.2, 0.25) is 5.02 Å². The zero-order valence-corrected chi connectivity index (χ0v) is 17.3. The first-order valence-electron chi connectivity index (χ1n) is 8.89. The van der Waals surface area contributed by atoms with Crippen molar-refractivity contribution in [3.8, 4) is 5.75 Å². The Morgan fingerprint density at radius 2 is 1.86 bits per heavy atom. The van der Waals surface area contributed by atoms with E-state index in [2.05, 4.69) is 10.6 Å². The standard InChI is InChI=1S/C21H24ClN3O3/c1-20(2,19(27)25(3)4)24-21(14-8-6-7-9-17(14)28-5)15-12-13(22)10-11-16(15)23-18(21)26/h6-12,24H,1-5H3,(H,23,26). The maximum atomic E-state index is 13.4. The lowest BCUT2D eigenvalue weighted by molar-refractivity contribution is -0.136. The fourth-order valence-corrected chi connectivity index (χ4v) is 3.94. The van der Waals surface area contributed by atoms with Gasteiger partial charge >= 0.3 is 0 Å². The Morgan fingerprint density at radius 3 is 2.50 bits per heavy atom. The number of anilines is 1. The van der Waals surface area contributed by atoms with Gasteiger partial charge in [0.1, 0.15) is 5.75 Å². The van der Waals surface area contributed by atoms with Gasteiger partial charge < -0.3 is 15.0 Å². The summed E-state index contributed by atoms with van der Waals surface area (Å²) in [5, 5.41) is 6.74.